The Morgan fingerprint density at radius 1 is 0.818 bits per heavy atom. The molecule has 0 atom stereocenters. The smallest absolute Gasteiger partial charge is 0.279 e. The summed E-state index contributed by atoms with van der Waals surface area (Å²) in [7, 11) is 0. The summed E-state index contributed by atoms with van der Waals surface area (Å²) in [6.45, 7) is 9.79. The van der Waals surface area contributed by atoms with Crippen LogP contribution in [0.4, 0.5) is 0 Å². The second-order valence-electron chi connectivity index (χ2n) is 7.33. The van der Waals surface area contributed by atoms with Crippen molar-refractivity contribution < 1.29 is 28.4 Å². The SMILES string of the molecule is CC1(C)OCC(CBr)(COCC23COC(C)(OC2)OC3)CO1. The third-order valence-corrected chi connectivity index (χ3v) is 5.66. The summed E-state index contributed by atoms with van der Waals surface area (Å²) in [4.78, 5) is 0. The first-order valence-corrected chi connectivity index (χ1v) is 8.76. The summed E-state index contributed by atoms with van der Waals surface area (Å²) in [6, 6.07) is 0. The largest absolute Gasteiger partial charge is 0.380 e. The van der Waals surface area contributed by atoms with Crippen molar-refractivity contribution in [1.82, 2.24) is 0 Å². The molecule has 4 fully saturated rings. The van der Waals surface area contributed by atoms with Crippen molar-refractivity contribution in [3.8, 4) is 0 Å². The van der Waals surface area contributed by atoms with Crippen LogP contribution in [0.1, 0.15) is 20.8 Å². The lowest BCUT2D eigenvalue weighted by atomic mass is 9.89. The van der Waals surface area contributed by atoms with Gasteiger partial charge in [-0.1, -0.05) is 15.9 Å². The molecule has 0 aromatic rings. The summed E-state index contributed by atoms with van der Waals surface area (Å²) in [5.74, 6) is -1.38. The van der Waals surface area contributed by atoms with Crippen molar-refractivity contribution >= 4 is 15.9 Å². The highest BCUT2D eigenvalue weighted by atomic mass is 79.9. The molecule has 128 valence electrons. The third-order valence-electron chi connectivity index (χ3n) is 4.47. The molecule has 0 aliphatic carbocycles. The summed E-state index contributed by atoms with van der Waals surface area (Å²) in [6.07, 6.45) is 0. The normalized spacial score (nSPS) is 39.8. The van der Waals surface area contributed by atoms with Crippen LogP contribution < -0.4 is 0 Å². The Kier molecular flexibility index (Phi) is 4.62. The molecule has 4 saturated heterocycles. The van der Waals surface area contributed by atoms with Gasteiger partial charge in [0.05, 0.1) is 57.1 Å². The van der Waals surface area contributed by atoms with Gasteiger partial charge in [0.2, 0.25) is 0 Å². The maximum absolute atomic E-state index is 6.00. The van der Waals surface area contributed by atoms with E-state index in [0.717, 1.165) is 5.33 Å². The van der Waals surface area contributed by atoms with Gasteiger partial charge < -0.3 is 28.4 Å². The molecule has 4 rings (SSSR count). The summed E-state index contributed by atoms with van der Waals surface area (Å²) in [5, 5.41) is 0.769. The van der Waals surface area contributed by atoms with Gasteiger partial charge in [-0.05, 0) is 13.8 Å². The van der Waals surface area contributed by atoms with Gasteiger partial charge in [0.1, 0.15) is 0 Å². The average Bonchev–Trinajstić information content (AvgIpc) is 2.51. The molecule has 2 bridgehead atoms. The van der Waals surface area contributed by atoms with E-state index in [1.165, 1.54) is 0 Å². The number of halogens is 1. The quantitative estimate of drug-likeness (QED) is 0.679. The van der Waals surface area contributed by atoms with E-state index in [-0.39, 0.29) is 10.8 Å². The van der Waals surface area contributed by atoms with Gasteiger partial charge in [-0.15, -0.1) is 0 Å². The van der Waals surface area contributed by atoms with Crippen molar-refractivity contribution in [2.24, 2.45) is 10.8 Å². The number of hydrogen-bond acceptors (Lipinski definition) is 6. The van der Waals surface area contributed by atoms with Crippen LogP contribution in [0.2, 0.25) is 0 Å². The van der Waals surface area contributed by atoms with Crippen molar-refractivity contribution in [2.75, 3.05) is 51.6 Å². The van der Waals surface area contributed by atoms with E-state index in [1.807, 2.05) is 13.8 Å². The van der Waals surface area contributed by atoms with E-state index >= 15 is 0 Å². The highest BCUT2D eigenvalue weighted by molar-refractivity contribution is 9.09. The first-order valence-electron chi connectivity index (χ1n) is 7.64. The highest BCUT2D eigenvalue weighted by Gasteiger charge is 2.50. The minimum Gasteiger partial charge on any atom is -0.380 e. The third kappa shape index (κ3) is 3.50. The van der Waals surface area contributed by atoms with Gasteiger partial charge in [0.15, 0.2) is 5.79 Å². The first-order chi connectivity index (χ1) is 10.3. The van der Waals surface area contributed by atoms with Crippen LogP contribution in [0.5, 0.6) is 0 Å². The predicted molar refractivity (Wildman–Crippen MR) is 81.7 cm³/mol. The zero-order valence-corrected chi connectivity index (χ0v) is 15.1. The fourth-order valence-corrected chi connectivity index (χ4v) is 3.13. The van der Waals surface area contributed by atoms with Crippen molar-refractivity contribution in [3.05, 3.63) is 0 Å². The zero-order valence-electron chi connectivity index (χ0n) is 13.5. The minimum absolute atomic E-state index is 0.160. The monoisotopic (exact) mass is 380 g/mol. The molecule has 4 aliphatic heterocycles. The maximum atomic E-state index is 6.00. The summed E-state index contributed by atoms with van der Waals surface area (Å²) >= 11 is 3.56. The van der Waals surface area contributed by atoms with Gasteiger partial charge in [-0.25, -0.2) is 0 Å². The minimum atomic E-state index is -0.866. The van der Waals surface area contributed by atoms with Crippen LogP contribution in [0.15, 0.2) is 0 Å². The molecule has 22 heavy (non-hydrogen) atoms. The van der Waals surface area contributed by atoms with Gasteiger partial charge in [0.25, 0.3) is 5.97 Å². The fourth-order valence-electron chi connectivity index (χ4n) is 2.65. The number of fused-ring (bicyclic) bond motifs is 3. The fraction of sp³-hybridized carbons (Fsp3) is 1.00. The van der Waals surface area contributed by atoms with E-state index in [4.69, 9.17) is 28.4 Å². The average molecular weight is 381 g/mol. The second kappa shape index (κ2) is 5.95. The van der Waals surface area contributed by atoms with Gasteiger partial charge in [-0.2, -0.15) is 0 Å². The van der Waals surface area contributed by atoms with E-state index in [1.54, 1.807) is 6.92 Å². The molecule has 7 heteroatoms. The highest BCUT2D eigenvalue weighted by Crippen LogP contribution is 2.39. The lowest BCUT2D eigenvalue weighted by Gasteiger charge is -2.50. The van der Waals surface area contributed by atoms with Crippen LogP contribution in [-0.4, -0.2) is 63.3 Å². The topological polar surface area (TPSA) is 55.4 Å². The molecule has 0 unspecified atom stereocenters. The Labute approximate surface area is 139 Å². The number of rotatable bonds is 5. The second-order valence-corrected chi connectivity index (χ2v) is 7.89. The molecule has 4 heterocycles. The van der Waals surface area contributed by atoms with E-state index in [2.05, 4.69) is 15.9 Å². The summed E-state index contributed by atoms with van der Waals surface area (Å²) in [5.41, 5.74) is -0.368. The number of alkyl halides is 1. The van der Waals surface area contributed by atoms with Crippen LogP contribution in [0, 0.1) is 10.8 Å². The van der Waals surface area contributed by atoms with Crippen LogP contribution in [0.25, 0.3) is 0 Å². The van der Waals surface area contributed by atoms with Crippen molar-refractivity contribution in [1.29, 1.82) is 0 Å². The number of hydrogen-bond donors (Lipinski definition) is 0. The van der Waals surface area contributed by atoms with Crippen LogP contribution in [0.3, 0.4) is 0 Å². The molecular weight excluding hydrogens is 356 g/mol. The van der Waals surface area contributed by atoms with E-state index in [0.29, 0.717) is 46.2 Å². The molecule has 0 saturated carbocycles. The zero-order chi connectivity index (χ0) is 15.9. The van der Waals surface area contributed by atoms with Crippen LogP contribution >= 0.6 is 15.9 Å². The molecule has 4 aliphatic rings. The lowest BCUT2D eigenvalue weighted by molar-refractivity contribution is -0.462. The van der Waals surface area contributed by atoms with Crippen LogP contribution in [-0.2, 0) is 28.4 Å². The van der Waals surface area contributed by atoms with Gasteiger partial charge >= 0.3 is 0 Å². The lowest BCUT2D eigenvalue weighted by Crippen LogP contribution is -2.60. The maximum Gasteiger partial charge on any atom is 0.279 e. The first kappa shape index (κ1) is 17.1. The Hall–Kier alpha value is 0.240. The predicted octanol–water partition coefficient (Wildman–Crippen LogP) is 1.90. The molecular formula is C15H25BrO6. The molecule has 0 aromatic carbocycles. The number of ether oxygens (including phenoxy) is 6. The van der Waals surface area contributed by atoms with E-state index < -0.39 is 11.8 Å². The van der Waals surface area contributed by atoms with Gasteiger partial charge in [-0.3, -0.25) is 0 Å². The van der Waals surface area contributed by atoms with Crippen molar-refractivity contribution in [2.45, 2.75) is 32.5 Å². The Bertz CT molecular complexity index is 378. The standard InChI is InChI=1S/C15H25BrO6/c1-12(2)18-7-14(4-16,8-19-12)5-17-6-15-9-20-13(3,21-10-15)22-11-15/h4-11H2,1-3H3. The molecule has 0 amide bonds. The molecule has 0 N–H and O–H groups in total. The van der Waals surface area contributed by atoms with Crippen molar-refractivity contribution in [3.63, 3.8) is 0 Å². The Morgan fingerprint density at radius 2 is 1.36 bits per heavy atom. The Balaban J connectivity index is 1.50. The summed E-state index contributed by atoms with van der Waals surface area (Å²) < 4.78 is 34.4. The molecule has 6 nitrogen and oxygen atoms in total. The molecule has 0 radical (unpaired) electrons. The molecule has 0 aromatic heterocycles. The Morgan fingerprint density at radius 3 is 1.86 bits per heavy atom. The van der Waals surface area contributed by atoms with Gasteiger partial charge in [0, 0.05) is 12.3 Å². The molecule has 0 spiro atoms. The van der Waals surface area contributed by atoms with E-state index in [9.17, 15) is 0 Å².